The van der Waals surface area contributed by atoms with Gasteiger partial charge in [-0.15, -0.1) is 18.2 Å². The maximum Gasteiger partial charge on any atom is 0.168 e. The average Bonchev–Trinajstić information content (AvgIpc) is 2.80. The summed E-state index contributed by atoms with van der Waals surface area (Å²) in [5, 5.41) is 3.59. The first-order valence-electron chi connectivity index (χ1n) is 6.37. The van der Waals surface area contributed by atoms with E-state index in [2.05, 4.69) is 11.2 Å². The van der Waals surface area contributed by atoms with Gasteiger partial charge >= 0.3 is 0 Å². The zero-order valence-electron chi connectivity index (χ0n) is 10.2. The molecule has 0 radical (unpaired) electrons. The Labute approximate surface area is 108 Å². The summed E-state index contributed by atoms with van der Waals surface area (Å²) >= 11 is 1.81. The molecule has 0 atom stereocenters. The molecule has 1 aliphatic carbocycles. The van der Waals surface area contributed by atoms with Crippen molar-refractivity contribution < 1.29 is 9.47 Å². The van der Waals surface area contributed by atoms with E-state index in [9.17, 15) is 0 Å². The van der Waals surface area contributed by atoms with Crippen LogP contribution in [0.25, 0.3) is 0 Å². The second kappa shape index (κ2) is 6.65. The van der Waals surface area contributed by atoms with E-state index in [0.29, 0.717) is 6.04 Å². The number of hydrogen-bond acceptors (Lipinski definition) is 4. The zero-order chi connectivity index (χ0) is 12.0. The Balaban J connectivity index is 1.58. The lowest BCUT2D eigenvalue weighted by molar-refractivity contribution is -0.179. The fourth-order valence-corrected chi connectivity index (χ4v) is 3.04. The lowest BCUT2D eigenvalue weighted by atomic mass is 9.90. The molecule has 0 aromatic carbocycles. The third kappa shape index (κ3) is 3.89. The number of thioether (sulfide) groups is 1. The minimum atomic E-state index is -0.226. The van der Waals surface area contributed by atoms with E-state index < -0.39 is 0 Å². The molecule has 4 heteroatoms. The van der Waals surface area contributed by atoms with Gasteiger partial charge in [-0.3, -0.25) is 0 Å². The summed E-state index contributed by atoms with van der Waals surface area (Å²) in [6.07, 6.45) is 9.57. The van der Waals surface area contributed by atoms with Crippen LogP contribution in [0.15, 0.2) is 0 Å². The standard InChI is InChI=1S/C13H21NO2S/c1-2-10-17-11-7-14-12-3-5-13(6-4-12)15-8-9-16-13/h1,12,14H,3-11H2. The van der Waals surface area contributed by atoms with E-state index in [0.717, 1.165) is 56.9 Å². The van der Waals surface area contributed by atoms with E-state index in [1.807, 2.05) is 11.8 Å². The lowest BCUT2D eigenvalue weighted by Gasteiger charge is -2.35. The largest absolute Gasteiger partial charge is 0.348 e. The zero-order valence-corrected chi connectivity index (χ0v) is 11.1. The Bertz CT molecular complexity index is 261. The van der Waals surface area contributed by atoms with Crippen molar-refractivity contribution in [2.75, 3.05) is 31.3 Å². The number of hydrogen-bond donors (Lipinski definition) is 1. The summed E-state index contributed by atoms with van der Waals surface area (Å²) in [7, 11) is 0. The van der Waals surface area contributed by atoms with E-state index in [-0.39, 0.29) is 5.79 Å². The molecule has 0 aromatic heterocycles. The third-order valence-corrected chi connectivity index (χ3v) is 4.29. The normalized spacial score (nSPS) is 23.9. The second-order valence-corrected chi connectivity index (χ2v) is 5.70. The van der Waals surface area contributed by atoms with Crippen molar-refractivity contribution in [2.24, 2.45) is 0 Å². The highest BCUT2D eigenvalue weighted by Gasteiger charge is 2.39. The van der Waals surface area contributed by atoms with E-state index in [1.54, 1.807) is 0 Å². The summed E-state index contributed by atoms with van der Waals surface area (Å²) in [4.78, 5) is 0. The Morgan fingerprint density at radius 2 is 2.00 bits per heavy atom. The topological polar surface area (TPSA) is 30.5 Å². The number of ether oxygens (including phenoxy) is 2. The molecule has 0 bridgehead atoms. The van der Waals surface area contributed by atoms with Crippen molar-refractivity contribution in [2.45, 2.75) is 37.5 Å². The molecule has 1 spiro atoms. The molecule has 17 heavy (non-hydrogen) atoms. The van der Waals surface area contributed by atoms with Crippen LogP contribution in [0.1, 0.15) is 25.7 Å². The number of terminal acetylenes is 1. The monoisotopic (exact) mass is 255 g/mol. The highest BCUT2D eigenvalue weighted by Crippen LogP contribution is 2.35. The SMILES string of the molecule is C#CCSCCNC1CCC2(CC1)OCCO2. The van der Waals surface area contributed by atoms with Crippen LogP contribution in [0.3, 0.4) is 0 Å². The van der Waals surface area contributed by atoms with Gasteiger partial charge in [-0.25, -0.2) is 0 Å². The summed E-state index contributed by atoms with van der Waals surface area (Å²) < 4.78 is 11.4. The van der Waals surface area contributed by atoms with Gasteiger partial charge in [0.2, 0.25) is 0 Å². The minimum Gasteiger partial charge on any atom is -0.348 e. The number of rotatable bonds is 5. The molecule has 1 aliphatic heterocycles. The van der Waals surface area contributed by atoms with Crippen LogP contribution < -0.4 is 5.32 Å². The summed E-state index contributed by atoms with van der Waals surface area (Å²) in [5.41, 5.74) is 0. The highest BCUT2D eigenvalue weighted by molar-refractivity contribution is 7.99. The second-order valence-electron chi connectivity index (χ2n) is 4.59. The van der Waals surface area contributed by atoms with Crippen molar-refractivity contribution in [3.05, 3.63) is 0 Å². The first-order valence-corrected chi connectivity index (χ1v) is 7.53. The molecule has 1 saturated heterocycles. The molecule has 2 fully saturated rings. The molecule has 96 valence electrons. The van der Waals surface area contributed by atoms with Crippen molar-refractivity contribution in [3.8, 4) is 12.3 Å². The maximum atomic E-state index is 5.71. The molecule has 2 rings (SSSR count). The van der Waals surface area contributed by atoms with Crippen molar-refractivity contribution in [1.82, 2.24) is 5.32 Å². The Morgan fingerprint density at radius 1 is 1.29 bits per heavy atom. The predicted molar refractivity (Wildman–Crippen MR) is 71.1 cm³/mol. The predicted octanol–water partition coefficient (Wildman–Crippen LogP) is 1.63. The molecular formula is C13H21NO2S. The van der Waals surface area contributed by atoms with Gasteiger partial charge in [0.15, 0.2) is 5.79 Å². The van der Waals surface area contributed by atoms with Gasteiger partial charge < -0.3 is 14.8 Å². The lowest BCUT2D eigenvalue weighted by Crippen LogP contribution is -2.42. The molecule has 0 amide bonds. The smallest absolute Gasteiger partial charge is 0.168 e. The van der Waals surface area contributed by atoms with E-state index in [4.69, 9.17) is 15.9 Å². The molecule has 2 aliphatic rings. The van der Waals surface area contributed by atoms with Gasteiger partial charge in [-0.1, -0.05) is 5.92 Å². The Morgan fingerprint density at radius 3 is 2.65 bits per heavy atom. The van der Waals surface area contributed by atoms with Crippen LogP contribution in [0, 0.1) is 12.3 Å². The van der Waals surface area contributed by atoms with Crippen LogP contribution in [-0.4, -0.2) is 43.1 Å². The minimum absolute atomic E-state index is 0.226. The molecule has 3 nitrogen and oxygen atoms in total. The van der Waals surface area contributed by atoms with Crippen molar-refractivity contribution in [3.63, 3.8) is 0 Å². The Kier molecular flexibility index (Phi) is 5.17. The third-order valence-electron chi connectivity index (χ3n) is 3.43. The van der Waals surface area contributed by atoms with Gasteiger partial charge in [-0.2, -0.15) is 0 Å². The van der Waals surface area contributed by atoms with E-state index >= 15 is 0 Å². The summed E-state index contributed by atoms with van der Waals surface area (Å²) in [6, 6.07) is 0.625. The fraction of sp³-hybridized carbons (Fsp3) is 0.846. The van der Waals surface area contributed by atoms with Gasteiger partial charge in [-0.05, 0) is 12.8 Å². The van der Waals surface area contributed by atoms with Crippen LogP contribution >= 0.6 is 11.8 Å². The summed E-state index contributed by atoms with van der Waals surface area (Å²) in [6.45, 7) is 2.58. The Hall–Kier alpha value is -0.210. The highest BCUT2D eigenvalue weighted by atomic mass is 32.2. The quantitative estimate of drug-likeness (QED) is 0.597. The molecule has 1 heterocycles. The molecular weight excluding hydrogens is 234 g/mol. The molecule has 0 unspecified atom stereocenters. The number of nitrogens with one attached hydrogen (secondary N) is 1. The van der Waals surface area contributed by atoms with Crippen LogP contribution in [0.4, 0.5) is 0 Å². The van der Waals surface area contributed by atoms with Crippen LogP contribution in [0.5, 0.6) is 0 Å². The fourth-order valence-electron chi connectivity index (χ4n) is 2.51. The first kappa shape index (κ1) is 13.2. The van der Waals surface area contributed by atoms with Crippen molar-refractivity contribution in [1.29, 1.82) is 0 Å². The summed E-state index contributed by atoms with van der Waals surface area (Å²) in [5.74, 6) is 4.33. The molecule has 1 saturated carbocycles. The average molecular weight is 255 g/mol. The van der Waals surface area contributed by atoms with Crippen LogP contribution in [-0.2, 0) is 9.47 Å². The van der Waals surface area contributed by atoms with Gasteiger partial charge in [0.1, 0.15) is 0 Å². The van der Waals surface area contributed by atoms with Crippen LogP contribution in [0.2, 0.25) is 0 Å². The van der Waals surface area contributed by atoms with Gasteiger partial charge in [0.25, 0.3) is 0 Å². The first-order chi connectivity index (χ1) is 8.35. The molecule has 1 N–H and O–H groups in total. The van der Waals surface area contributed by atoms with Gasteiger partial charge in [0, 0.05) is 31.2 Å². The molecule has 0 aromatic rings. The maximum absolute atomic E-state index is 5.71. The van der Waals surface area contributed by atoms with Crippen molar-refractivity contribution >= 4 is 11.8 Å². The van der Waals surface area contributed by atoms with Gasteiger partial charge in [0.05, 0.1) is 19.0 Å². The van der Waals surface area contributed by atoms with E-state index in [1.165, 1.54) is 0 Å².